The largest absolute Gasteiger partial charge is 0.467 e. The zero-order chi connectivity index (χ0) is 21.8. The molecule has 7 nitrogen and oxygen atoms in total. The Morgan fingerprint density at radius 2 is 1.93 bits per heavy atom. The number of nitrogens with one attached hydrogen (secondary N) is 1. The number of Topliss-reactive ketones (excluding diaryl/α,β-unsaturated/α-hetero) is 1. The van der Waals surface area contributed by atoms with Gasteiger partial charge in [0.05, 0.1) is 26.5 Å². The number of furan rings is 1. The van der Waals surface area contributed by atoms with E-state index in [9.17, 15) is 18.8 Å². The normalized spacial score (nSPS) is 10.7. The van der Waals surface area contributed by atoms with Gasteiger partial charge in [0, 0.05) is 16.8 Å². The van der Waals surface area contributed by atoms with Crippen LogP contribution in [-0.2, 0) is 11.3 Å². The standard InChI is InChI=1S/C22H21FN2O5/c1-13-19(14(2)24-20(13)22(28)29-3)18(26)12-25(11-17-8-5-9-30-17)21(27)15-6-4-7-16(23)10-15/h4-10,24H,11-12H2,1-3H3. The molecule has 0 fully saturated rings. The summed E-state index contributed by atoms with van der Waals surface area (Å²) in [5.74, 6) is -1.54. The van der Waals surface area contributed by atoms with E-state index >= 15 is 0 Å². The molecule has 0 saturated heterocycles. The van der Waals surface area contributed by atoms with E-state index < -0.39 is 17.7 Å². The van der Waals surface area contributed by atoms with E-state index in [1.54, 1.807) is 26.0 Å². The predicted octanol–water partition coefficient (Wildman–Crippen LogP) is 3.68. The number of amides is 1. The van der Waals surface area contributed by atoms with Crippen molar-refractivity contribution in [2.45, 2.75) is 20.4 Å². The summed E-state index contributed by atoms with van der Waals surface area (Å²) in [6.07, 6.45) is 1.46. The van der Waals surface area contributed by atoms with Gasteiger partial charge in [0.25, 0.3) is 5.91 Å². The van der Waals surface area contributed by atoms with Crippen molar-refractivity contribution in [1.82, 2.24) is 9.88 Å². The number of aromatic amines is 1. The molecule has 0 aliphatic heterocycles. The Morgan fingerprint density at radius 1 is 1.17 bits per heavy atom. The number of H-pyrrole nitrogens is 1. The van der Waals surface area contributed by atoms with Gasteiger partial charge in [-0.2, -0.15) is 0 Å². The van der Waals surface area contributed by atoms with Crippen LogP contribution in [0.4, 0.5) is 4.39 Å². The second-order valence-electron chi connectivity index (χ2n) is 6.79. The first kappa shape index (κ1) is 21.0. The highest BCUT2D eigenvalue weighted by Crippen LogP contribution is 2.21. The molecular formula is C22H21FN2O5. The average molecular weight is 412 g/mol. The van der Waals surface area contributed by atoms with Gasteiger partial charge in [-0.1, -0.05) is 6.07 Å². The first-order valence-corrected chi connectivity index (χ1v) is 9.19. The first-order chi connectivity index (χ1) is 14.3. The number of carbonyl (C=O) groups is 3. The lowest BCUT2D eigenvalue weighted by Crippen LogP contribution is -2.35. The number of hydrogen-bond donors (Lipinski definition) is 1. The van der Waals surface area contributed by atoms with Crippen molar-refractivity contribution < 1.29 is 27.9 Å². The Bertz CT molecular complexity index is 1090. The van der Waals surface area contributed by atoms with Crippen LogP contribution in [-0.4, -0.2) is 41.2 Å². The summed E-state index contributed by atoms with van der Waals surface area (Å²) >= 11 is 0. The highest BCUT2D eigenvalue weighted by Gasteiger charge is 2.26. The smallest absolute Gasteiger partial charge is 0.354 e. The predicted molar refractivity (Wildman–Crippen MR) is 106 cm³/mol. The van der Waals surface area contributed by atoms with Gasteiger partial charge in [-0.25, -0.2) is 9.18 Å². The summed E-state index contributed by atoms with van der Waals surface area (Å²) in [7, 11) is 1.25. The van der Waals surface area contributed by atoms with Gasteiger partial charge in [-0.15, -0.1) is 0 Å². The fraction of sp³-hybridized carbons (Fsp3) is 0.227. The van der Waals surface area contributed by atoms with E-state index in [1.807, 2.05) is 0 Å². The maximum absolute atomic E-state index is 13.6. The van der Waals surface area contributed by atoms with Crippen LogP contribution in [0.5, 0.6) is 0 Å². The summed E-state index contributed by atoms with van der Waals surface area (Å²) in [4.78, 5) is 42.1. The van der Waals surface area contributed by atoms with Gasteiger partial charge >= 0.3 is 5.97 Å². The zero-order valence-corrected chi connectivity index (χ0v) is 16.8. The first-order valence-electron chi connectivity index (χ1n) is 9.19. The lowest BCUT2D eigenvalue weighted by molar-refractivity contribution is 0.0593. The topological polar surface area (TPSA) is 92.6 Å². The summed E-state index contributed by atoms with van der Waals surface area (Å²) in [6, 6.07) is 8.61. The third-order valence-corrected chi connectivity index (χ3v) is 4.73. The monoisotopic (exact) mass is 412 g/mol. The summed E-state index contributed by atoms with van der Waals surface area (Å²) in [5, 5.41) is 0. The molecule has 0 bridgehead atoms. The minimum atomic E-state index is -0.585. The quantitative estimate of drug-likeness (QED) is 0.472. The van der Waals surface area contributed by atoms with Crippen LogP contribution in [0.1, 0.15) is 48.2 Å². The van der Waals surface area contributed by atoms with Gasteiger partial charge in [-0.3, -0.25) is 9.59 Å². The molecule has 0 radical (unpaired) electrons. The third-order valence-electron chi connectivity index (χ3n) is 4.73. The molecule has 0 aliphatic carbocycles. The van der Waals surface area contributed by atoms with Crippen LogP contribution in [0.3, 0.4) is 0 Å². The molecule has 156 valence electrons. The number of esters is 1. The summed E-state index contributed by atoms with van der Waals surface area (Å²) in [6.45, 7) is 3.04. The van der Waals surface area contributed by atoms with Gasteiger partial charge in [0.15, 0.2) is 5.78 Å². The number of halogens is 1. The molecule has 3 aromatic rings. The molecule has 0 unspecified atom stereocenters. The molecular weight excluding hydrogens is 391 g/mol. The average Bonchev–Trinajstić information content (AvgIpc) is 3.33. The van der Waals surface area contributed by atoms with Crippen molar-refractivity contribution >= 4 is 17.7 Å². The lowest BCUT2D eigenvalue weighted by Gasteiger charge is -2.21. The van der Waals surface area contributed by atoms with Crippen LogP contribution >= 0.6 is 0 Å². The number of nitrogens with zero attached hydrogens (tertiary/aromatic N) is 1. The van der Waals surface area contributed by atoms with E-state index in [4.69, 9.17) is 9.15 Å². The van der Waals surface area contributed by atoms with Gasteiger partial charge in [-0.05, 0) is 49.7 Å². The van der Waals surface area contributed by atoms with Crippen LogP contribution in [0.15, 0.2) is 47.1 Å². The second kappa shape index (κ2) is 8.77. The number of aryl methyl sites for hydroxylation is 1. The SMILES string of the molecule is COC(=O)c1[nH]c(C)c(C(=O)CN(Cc2ccco2)C(=O)c2cccc(F)c2)c1C. The van der Waals surface area contributed by atoms with E-state index in [1.165, 1.54) is 36.5 Å². The van der Waals surface area contributed by atoms with Crippen molar-refractivity contribution in [1.29, 1.82) is 0 Å². The second-order valence-corrected chi connectivity index (χ2v) is 6.79. The van der Waals surface area contributed by atoms with Gasteiger partial charge in [0.2, 0.25) is 0 Å². The van der Waals surface area contributed by atoms with Crippen molar-refractivity contribution in [3.05, 3.63) is 82.3 Å². The number of hydrogen-bond acceptors (Lipinski definition) is 5. The molecule has 0 saturated carbocycles. The highest BCUT2D eigenvalue weighted by molar-refractivity contribution is 6.05. The molecule has 30 heavy (non-hydrogen) atoms. The number of rotatable bonds is 7. The van der Waals surface area contributed by atoms with E-state index in [0.717, 1.165) is 6.07 Å². The lowest BCUT2D eigenvalue weighted by atomic mass is 10.0. The molecule has 1 N–H and O–H groups in total. The Kier molecular flexibility index (Phi) is 6.15. The molecule has 0 atom stereocenters. The Morgan fingerprint density at radius 3 is 2.57 bits per heavy atom. The maximum atomic E-state index is 13.6. The van der Waals surface area contributed by atoms with Crippen molar-refractivity contribution in [2.75, 3.05) is 13.7 Å². The fourth-order valence-corrected chi connectivity index (χ4v) is 3.32. The third kappa shape index (κ3) is 4.32. The van der Waals surface area contributed by atoms with Crippen molar-refractivity contribution in [3.63, 3.8) is 0 Å². The minimum Gasteiger partial charge on any atom is -0.467 e. The number of benzene rings is 1. The Labute approximate surface area is 172 Å². The van der Waals surface area contributed by atoms with Crippen molar-refractivity contribution in [2.24, 2.45) is 0 Å². The van der Waals surface area contributed by atoms with Gasteiger partial charge < -0.3 is 19.0 Å². The summed E-state index contributed by atoms with van der Waals surface area (Å²) < 4.78 is 23.7. The fourth-order valence-electron chi connectivity index (χ4n) is 3.32. The van der Waals surface area contributed by atoms with Crippen LogP contribution in [0, 0.1) is 19.7 Å². The van der Waals surface area contributed by atoms with Crippen LogP contribution in [0.25, 0.3) is 0 Å². The molecule has 0 aliphatic rings. The number of ketones is 1. The Hall–Kier alpha value is -3.68. The number of aromatic nitrogens is 1. The zero-order valence-electron chi connectivity index (χ0n) is 16.8. The molecule has 1 amide bonds. The van der Waals surface area contributed by atoms with Gasteiger partial charge in [0.1, 0.15) is 17.3 Å². The molecule has 2 aromatic heterocycles. The van der Waals surface area contributed by atoms with E-state index in [0.29, 0.717) is 22.6 Å². The van der Waals surface area contributed by atoms with Crippen molar-refractivity contribution in [3.8, 4) is 0 Å². The van der Waals surface area contributed by atoms with Crippen LogP contribution in [0.2, 0.25) is 0 Å². The minimum absolute atomic E-state index is 0.0282. The molecule has 3 rings (SSSR count). The number of ether oxygens (including phenoxy) is 1. The molecule has 1 aromatic carbocycles. The Balaban J connectivity index is 1.91. The van der Waals surface area contributed by atoms with E-state index in [2.05, 4.69) is 4.98 Å². The van der Waals surface area contributed by atoms with Crippen LogP contribution < -0.4 is 0 Å². The molecule has 8 heteroatoms. The maximum Gasteiger partial charge on any atom is 0.354 e. The van der Waals surface area contributed by atoms with E-state index in [-0.39, 0.29) is 30.1 Å². The number of carbonyl (C=O) groups excluding carboxylic acids is 3. The molecule has 2 heterocycles. The molecule has 0 spiro atoms. The summed E-state index contributed by atoms with van der Waals surface area (Å²) in [5.41, 5.74) is 1.56. The highest BCUT2D eigenvalue weighted by atomic mass is 19.1. The number of methoxy groups -OCH3 is 1.